The van der Waals surface area contributed by atoms with Gasteiger partial charge in [-0.15, -0.1) is 0 Å². The van der Waals surface area contributed by atoms with Crippen LogP contribution in [0, 0.1) is 23.7 Å². The lowest BCUT2D eigenvalue weighted by molar-refractivity contribution is 0.100. The van der Waals surface area contributed by atoms with Gasteiger partial charge in [-0.3, -0.25) is 0 Å². The normalized spacial score (nSPS) is 14.7. The summed E-state index contributed by atoms with van der Waals surface area (Å²) in [7, 11) is 0. The second kappa shape index (κ2) is 27.9. The van der Waals surface area contributed by atoms with Crippen LogP contribution in [0.1, 0.15) is 169 Å². The summed E-state index contributed by atoms with van der Waals surface area (Å²) >= 11 is 10.1. The smallest absolute Gasteiger partial charge is 0.156 e. The fourth-order valence-corrected chi connectivity index (χ4v) is 6.52. The predicted molar refractivity (Wildman–Crippen MR) is 180 cm³/mol. The third kappa shape index (κ3) is 25.2. The van der Waals surface area contributed by atoms with Gasteiger partial charge in [-0.1, -0.05) is 130 Å². The highest BCUT2D eigenvalue weighted by molar-refractivity contribution is 7.80. The minimum absolute atomic E-state index is 0.141. The maximum Gasteiger partial charge on any atom is 0.156 e. The van der Waals surface area contributed by atoms with Gasteiger partial charge in [-0.05, 0) is 73.8 Å². The second-order valence-electron chi connectivity index (χ2n) is 12.3. The lowest BCUT2D eigenvalue weighted by atomic mass is 9.85. The molecule has 0 spiro atoms. The topological polar surface area (TPSA) is 49.7 Å². The molecule has 0 aromatic heterocycles. The van der Waals surface area contributed by atoms with Crippen LogP contribution in [0.2, 0.25) is 0 Å². The lowest BCUT2D eigenvalue weighted by Gasteiger charge is -2.24. The molecular weight excluding hydrogens is 521 g/mol. The molecule has 5 heteroatoms. The molecule has 39 heavy (non-hydrogen) atoms. The summed E-state index contributed by atoms with van der Waals surface area (Å²) in [6.07, 6.45) is 26.5. The maximum absolute atomic E-state index is 9.84. The molecule has 0 aliphatic carbocycles. The van der Waals surface area contributed by atoms with Gasteiger partial charge >= 0.3 is 0 Å². The number of ether oxygens (including phenoxy) is 1. The number of hydrogen-bond acceptors (Lipinski definition) is 3. The lowest BCUT2D eigenvalue weighted by Crippen LogP contribution is -2.17. The summed E-state index contributed by atoms with van der Waals surface area (Å²) in [5, 5.41) is 20.0. The largest absolute Gasteiger partial charge is 0.502 e. The molecule has 232 valence electrons. The highest BCUT2D eigenvalue weighted by Crippen LogP contribution is 2.28. The molecule has 0 heterocycles. The van der Waals surface area contributed by atoms with Gasteiger partial charge < -0.3 is 14.9 Å². The summed E-state index contributed by atoms with van der Waals surface area (Å²) in [5.41, 5.74) is 0. The molecule has 0 amide bonds. The Kier molecular flexibility index (Phi) is 27.7. The first kappa shape index (κ1) is 38.7. The third-order valence-corrected chi connectivity index (χ3v) is 9.02. The van der Waals surface area contributed by atoms with E-state index >= 15 is 0 Å². The molecule has 3 nitrogen and oxygen atoms in total. The van der Waals surface area contributed by atoms with E-state index in [9.17, 15) is 10.2 Å². The van der Waals surface area contributed by atoms with Crippen LogP contribution in [-0.4, -0.2) is 33.5 Å². The fraction of sp³-hybridized carbons (Fsp3) is 0.941. The first-order valence-electron chi connectivity index (χ1n) is 16.9. The molecule has 0 rings (SSSR count). The van der Waals surface area contributed by atoms with Crippen LogP contribution in [-0.2, 0) is 4.74 Å². The number of hydrogen-bond donors (Lipinski definition) is 2. The Balaban J connectivity index is 4.48. The van der Waals surface area contributed by atoms with E-state index in [1.807, 2.05) is 0 Å². The predicted octanol–water partition coefficient (Wildman–Crippen LogP) is 11.9. The Labute approximate surface area is 254 Å². The minimum atomic E-state index is 0.141. The van der Waals surface area contributed by atoms with Crippen molar-refractivity contribution in [1.82, 2.24) is 0 Å². The van der Waals surface area contributed by atoms with Gasteiger partial charge in [0, 0.05) is 26.1 Å². The van der Waals surface area contributed by atoms with Gasteiger partial charge in [0.25, 0.3) is 0 Å². The fourth-order valence-electron chi connectivity index (χ4n) is 6.05. The zero-order chi connectivity index (χ0) is 29.1. The van der Waals surface area contributed by atoms with Crippen LogP contribution in [0.25, 0.3) is 0 Å². The molecule has 2 N–H and O–H groups in total. The van der Waals surface area contributed by atoms with Crippen LogP contribution in [0.5, 0.6) is 0 Å². The highest BCUT2D eigenvalue weighted by Gasteiger charge is 2.19. The van der Waals surface area contributed by atoms with Crippen LogP contribution >= 0.6 is 24.4 Å². The van der Waals surface area contributed by atoms with E-state index in [-0.39, 0.29) is 10.1 Å². The van der Waals surface area contributed by atoms with E-state index in [0.29, 0.717) is 49.7 Å². The SMILES string of the molecule is CCCCCCCCC(CC)CC(CCOCCC(CC(O)=S)CC(CC)CCCCCCCC)CC(O)=S. The Morgan fingerprint density at radius 2 is 0.872 bits per heavy atom. The molecule has 0 saturated carbocycles. The van der Waals surface area contributed by atoms with Crippen molar-refractivity contribution in [1.29, 1.82) is 0 Å². The van der Waals surface area contributed by atoms with Crippen LogP contribution < -0.4 is 0 Å². The van der Waals surface area contributed by atoms with Gasteiger partial charge in [0.05, 0.1) is 0 Å². The Bertz CT molecular complexity index is 521. The Morgan fingerprint density at radius 3 is 1.21 bits per heavy atom. The Morgan fingerprint density at radius 1 is 0.513 bits per heavy atom. The van der Waals surface area contributed by atoms with E-state index in [1.165, 1.54) is 103 Å². The van der Waals surface area contributed by atoms with E-state index in [0.717, 1.165) is 25.7 Å². The molecular formula is C34H66O3S2. The molecule has 0 aromatic rings. The molecule has 0 aliphatic heterocycles. The molecule has 0 bridgehead atoms. The van der Waals surface area contributed by atoms with Crippen molar-refractivity contribution in [3.8, 4) is 0 Å². The zero-order valence-electron chi connectivity index (χ0n) is 26.4. The number of thiocarbonyl (C=S) groups is 2. The summed E-state index contributed by atoms with van der Waals surface area (Å²) in [4.78, 5) is 0. The van der Waals surface area contributed by atoms with Crippen LogP contribution in [0.15, 0.2) is 0 Å². The average molecular weight is 587 g/mol. The number of unbranched alkanes of at least 4 members (excludes halogenated alkanes) is 10. The van der Waals surface area contributed by atoms with Crippen LogP contribution in [0.3, 0.4) is 0 Å². The Hall–Kier alpha value is -0.260. The monoisotopic (exact) mass is 586 g/mol. The second-order valence-corrected chi connectivity index (χ2v) is 13.2. The first-order chi connectivity index (χ1) is 18.9. The first-order valence-corrected chi connectivity index (χ1v) is 17.7. The van der Waals surface area contributed by atoms with Crippen LogP contribution in [0.4, 0.5) is 0 Å². The van der Waals surface area contributed by atoms with Crippen molar-refractivity contribution in [3.63, 3.8) is 0 Å². The van der Waals surface area contributed by atoms with Gasteiger partial charge in [0.2, 0.25) is 0 Å². The van der Waals surface area contributed by atoms with Crippen molar-refractivity contribution < 1.29 is 14.9 Å². The standard InChI is InChI=1S/C34H66O3S2/c1-5-9-11-13-15-17-19-29(7-3)25-31(27-33(35)38)21-23-37-24-22-32(28-34(36)39)26-30(8-4)20-18-16-14-12-10-6-2/h29-32H,5-28H2,1-4H3,(H,35,38)(H,36,39). The van der Waals surface area contributed by atoms with Crippen molar-refractivity contribution >= 4 is 34.5 Å². The molecule has 0 saturated heterocycles. The third-order valence-electron chi connectivity index (χ3n) is 8.69. The van der Waals surface area contributed by atoms with Gasteiger partial charge in [0.15, 0.2) is 10.1 Å². The molecule has 0 aliphatic rings. The molecule has 0 fully saturated rings. The molecule has 4 atom stereocenters. The van der Waals surface area contributed by atoms with Gasteiger partial charge in [-0.2, -0.15) is 0 Å². The van der Waals surface area contributed by atoms with Crippen molar-refractivity contribution in [2.45, 2.75) is 169 Å². The van der Waals surface area contributed by atoms with Crippen molar-refractivity contribution in [2.24, 2.45) is 23.7 Å². The number of aliphatic hydroxyl groups excluding tert-OH is 2. The van der Waals surface area contributed by atoms with Gasteiger partial charge in [-0.25, -0.2) is 0 Å². The summed E-state index contributed by atoms with van der Waals surface area (Å²) < 4.78 is 6.11. The van der Waals surface area contributed by atoms with E-state index < -0.39 is 0 Å². The van der Waals surface area contributed by atoms with Gasteiger partial charge in [0.1, 0.15) is 0 Å². The minimum Gasteiger partial charge on any atom is -0.502 e. The molecule has 4 unspecified atom stereocenters. The summed E-state index contributed by atoms with van der Waals surface area (Å²) in [5.74, 6) is 2.22. The maximum atomic E-state index is 9.84. The quantitative estimate of drug-likeness (QED) is 0.0647. The van der Waals surface area contributed by atoms with Crippen molar-refractivity contribution in [3.05, 3.63) is 0 Å². The van der Waals surface area contributed by atoms with E-state index in [4.69, 9.17) is 29.2 Å². The summed E-state index contributed by atoms with van der Waals surface area (Å²) in [6.45, 7) is 10.6. The van der Waals surface area contributed by atoms with E-state index in [2.05, 4.69) is 27.7 Å². The highest BCUT2D eigenvalue weighted by atomic mass is 32.1. The molecule has 0 aromatic carbocycles. The zero-order valence-corrected chi connectivity index (χ0v) is 28.0. The number of rotatable bonds is 30. The van der Waals surface area contributed by atoms with E-state index in [1.54, 1.807) is 0 Å². The van der Waals surface area contributed by atoms with Crippen molar-refractivity contribution in [2.75, 3.05) is 13.2 Å². The molecule has 0 radical (unpaired) electrons. The summed E-state index contributed by atoms with van der Waals surface area (Å²) in [6, 6.07) is 0. The average Bonchev–Trinajstić information content (AvgIpc) is 2.89. The number of aliphatic hydroxyl groups is 2.